The SMILES string of the molecule is O=c1c(I)c(Cl)ncn1C1CCCC1. The minimum atomic E-state index is -0.00231. The Labute approximate surface area is 101 Å². The normalized spacial score (nSPS) is 17.6. The van der Waals surface area contributed by atoms with Gasteiger partial charge in [-0.1, -0.05) is 24.4 Å². The van der Waals surface area contributed by atoms with Crippen LogP contribution in [0.2, 0.25) is 5.15 Å². The van der Waals surface area contributed by atoms with Crippen molar-refractivity contribution in [1.29, 1.82) is 0 Å². The summed E-state index contributed by atoms with van der Waals surface area (Å²) in [6.45, 7) is 0. The minimum absolute atomic E-state index is 0.00231. The van der Waals surface area contributed by atoms with Crippen molar-refractivity contribution in [3.05, 3.63) is 25.4 Å². The first-order valence-electron chi connectivity index (χ1n) is 4.62. The highest BCUT2D eigenvalue weighted by Gasteiger charge is 2.19. The molecule has 2 rings (SSSR count). The monoisotopic (exact) mass is 324 g/mol. The standard InChI is InChI=1S/C9H10ClIN2O/c10-8-7(11)9(14)13(5-12-8)6-3-1-2-4-6/h5-6H,1-4H2. The lowest BCUT2D eigenvalue weighted by Gasteiger charge is -2.12. The summed E-state index contributed by atoms with van der Waals surface area (Å²) in [6, 6.07) is 0.334. The molecule has 1 heterocycles. The van der Waals surface area contributed by atoms with Gasteiger partial charge in [-0.25, -0.2) is 4.98 Å². The van der Waals surface area contributed by atoms with Gasteiger partial charge in [-0.15, -0.1) is 0 Å². The Morgan fingerprint density at radius 1 is 1.50 bits per heavy atom. The van der Waals surface area contributed by atoms with Crippen LogP contribution >= 0.6 is 34.2 Å². The first kappa shape index (κ1) is 10.4. The highest BCUT2D eigenvalue weighted by molar-refractivity contribution is 14.1. The maximum absolute atomic E-state index is 11.8. The third kappa shape index (κ3) is 1.82. The zero-order chi connectivity index (χ0) is 10.1. The van der Waals surface area contributed by atoms with Gasteiger partial charge >= 0.3 is 0 Å². The summed E-state index contributed by atoms with van der Waals surface area (Å²) < 4.78 is 2.25. The van der Waals surface area contributed by atoms with E-state index in [1.165, 1.54) is 12.8 Å². The maximum Gasteiger partial charge on any atom is 0.268 e. The number of rotatable bonds is 1. The van der Waals surface area contributed by atoms with Crippen molar-refractivity contribution >= 4 is 34.2 Å². The first-order valence-corrected chi connectivity index (χ1v) is 6.08. The molecule has 0 spiro atoms. The van der Waals surface area contributed by atoms with Crippen LogP contribution in [0.4, 0.5) is 0 Å². The molecule has 0 atom stereocenters. The molecular formula is C9H10ClIN2O. The van der Waals surface area contributed by atoms with E-state index in [1.807, 2.05) is 22.6 Å². The third-order valence-electron chi connectivity index (χ3n) is 2.62. The molecule has 1 aromatic heterocycles. The van der Waals surface area contributed by atoms with E-state index in [0.29, 0.717) is 14.8 Å². The number of hydrogen-bond donors (Lipinski definition) is 0. The maximum atomic E-state index is 11.8. The molecule has 14 heavy (non-hydrogen) atoms. The Bertz CT molecular complexity index is 398. The largest absolute Gasteiger partial charge is 0.295 e. The van der Waals surface area contributed by atoms with E-state index < -0.39 is 0 Å². The predicted octanol–water partition coefficient (Wildman–Crippen LogP) is 2.62. The molecule has 0 N–H and O–H groups in total. The molecule has 0 radical (unpaired) electrons. The van der Waals surface area contributed by atoms with Gasteiger partial charge in [0.15, 0.2) is 0 Å². The molecule has 1 saturated carbocycles. The van der Waals surface area contributed by atoms with Gasteiger partial charge in [-0.05, 0) is 35.4 Å². The molecule has 1 aromatic rings. The smallest absolute Gasteiger partial charge is 0.268 e. The van der Waals surface area contributed by atoms with E-state index in [9.17, 15) is 4.79 Å². The third-order valence-corrected chi connectivity index (χ3v) is 4.19. The summed E-state index contributed by atoms with van der Waals surface area (Å²) in [4.78, 5) is 15.8. The van der Waals surface area contributed by atoms with Crippen molar-refractivity contribution in [3.63, 3.8) is 0 Å². The first-order chi connectivity index (χ1) is 6.70. The molecule has 0 bridgehead atoms. The number of hydrogen-bond acceptors (Lipinski definition) is 2. The predicted molar refractivity (Wildman–Crippen MR) is 63.7 cm³/mol. The molecule has 0 saturated heterocycles. The second kappa shape index (κ2) is 4.18. The fourth-order valence-corrected chi connectivity index (χ4v) is 2.41. The van der Waals surface area contributed by atoms with Crippen molar-refractivity contribution in [2.24, 2.45) is 0 Å². The van der Waals surface area contributed by atoms with Gasteiger partial charge < -0.3 is 0 Å². The van der Waals surface area contributed by atoms with Crippen LogP contribution in [0.15, 0.2) is 11.1 Å². The van der Waals surface area contributed by atoms with Crippen molar-refractivity contribution in [2.75, 3.05) is 0 Å². The topological polar surface area (TPSA) is 34.9 Å². The Morgan fingerprint density at radius 2 is 2.14 bits per heavy atom. The Morgan fingerprint density at radius 3 is 2.79 bits per heavy atom. The van der Waals surface area contributed by atoms with E-state index in [2.05, 4.69) is 4.98 Å². The lowest BCUT2D eigenvalue weighted by molar-refractivity contribution is 0.493. The van der Waals surface area contributed by atoms with Crippen LogP contribution in [0.5, 0.6) is 0 Å². The fourth-order valence-electron chi connectivity index (χ4n) is 1.87. The highest BCUT2D eigenvalue weighted by Crippen LogP contribution is 2.28. The molecule has 0 aromatic carbocycles. The highest BCUT2D eigenvalue weighted by atomic mass is 127. The fraction of sp³-hybridized carbons (Fsp3) is 0.556. The van der Waals surface area contributed by atoms with Crippen molar-refractivity contribution in [3.8, 4) is 0 Å². The van der Waals surface area contributed by atoms with Crippen LogP contribution in [0.1, 0.15) is 31.7 Å². The molecule has 0 amide bonds. The average molecular weight is 325 g/mol. The Hall–Kier alpha value is -0.100. The molecule has 0 aliphatic heterocycles. The van der Waals surface area contributed by atoms with E-state index in [-0.39, 0.29) is 5.56 Å². The van der Waals surface area contributed by atoms with Crippen molar-refractivity contribution < 1.29 is 0 Å². The van der Waals surface area contributed by atoms with Crippen LogP contribution in [-0.2, 0) is 0 Å². The Balaban J connectivity index is 2.44. The van der Waals surface area contributed by atoms with Crippen LogP contribution in [0.25, 0.3) is 0 Å². The molecule has 76 valence electrons. The minimum Gasteiger partial charge on any atom is -0.295 e. The summed E-state index contributed by atoms with van der Waals surface area (Å²) in [5.41, 5.74) is -0.00231. The quantitative estimate of drug-likeness (QED) is 0.588. The molecule has 1 aliphatic rings. The van der Waals surface area contributed by atoms with Crippen molar-refractivity contribution in [2.45, 2.75) is 31.7 Å². The number of nitrogens with zero attached hydrogens (tertiary/aromatic N) is 2. The summed E-state index contributed by atoms with van der Waals surface area (Å²) in [5, 5.41) is 0.310. The van der Waals surface area contributed by atoms with E-state index in [1.54, 1.807) is 10.9 Å². The van der Waals surface area contributed by atoms with Gasteiger partial charge in [0.1, 0.15) is 8.72 Å². The molecule has 5 heteroatoms. The number of halogens is 2. The van der Waals surface area contributed by atoms with Gasteiger partial charge in [0.25, 0.3) is 5.56 Å². The molecule has 1 aliphatic carbocycles. The van der Waals surface area contributed by atoms with Gasteiger partial charge in [0, 0.05) is 6.04 Å². The van der Waals surface area contributed by atoms with Gasteiger partial charge in [-0.2, -0.15) is 0 Å². The summed E-state index contributed by atoms with van der Waals surface area (Å²) >= 11 is 7.71. The van der Waals surface area contributed by atoms with Gasteiger partial charge in [0.2, 0.25) is 0 Å². The molecular weight excluding hydrogens is 314 g/mol. The zero-order valence-corrected chi connectivity index (χ0v) is 10.5. The molecule has 1 fully saturated rings. The molecule has 3 nitrogen and oxygen atoms in total. The van der Waals surface area contributed by atoms with Crippen LogP contribution < -0.4 is 5.56 Å². The lowest BCUT2D eigenvalue weighted by atomic mass is 10.2. The second-order valence-electron chi connectivity index (χ2n) is 3.50. The van der Waals surface area contributed by atoms with E-state index in [0.717, 1.165) is 12.8 Å². The van der Waals surface area contributed by atoms with Gasteiger partial charge in [-0.3, -0.25) is 9.36 Å². The Kier molecular flexibility index (Phi) is 3.11. The lowest BCUT2D eigenvalue weighted by Crippen LogP contribution is -2.26. The molecule has 0 unspecified atom stereocenters. The van der Waals surface area contributed by atoms with Crippen LogP contribution in [0, 0.1) is 3.57 Å². The van der Waals surface area contributed by atoms with Gasteiger partial charge in [0.05, 0.1) is 6.33 Å². The van der Waals surface area contributed by atoms with E-state index >= 15 is 0 Å². The number of aromatic nitrogens is 2. The second-order valence-corrected chi connectivity index (χ2v) is 4.94. The van der Waals surface area contributed by atoms with Crippen molar-refractivity contribution in [1.82, 2.24) is 9.55 Å². The summed E-state index contributed by atoms with van der Waals surface area (Å²) in [7, 11) is 0. The summed E-state index contributed by atoms with van der Waals surface area (Å²) in [6.07, 6.45) is 6.15. The summed E-state index contributed by atoms with van der Waals surface area (Å²) in [5.74, 6) is 0. The zero-order valence-electron chi connectivity index (χ0n) is 7.54. The van der Waals surface area contributed by atoms with E-state index in [4.69, 9.17) is 11.6 Å². The van der Waals surface area contributed by atoms with Crippen LogP contribution in [-0.4, -0.2) is 9.55 Å². The average Bonchev–Trinajstić information content (AvgIpc) is 2.67. The van der Waals surface area contributed by atoms with Crippen LogP contribution in [0.3, 0.4) is 0 Å².